The van der Waals surface area contributed by atoms with E-state index in [0.29, 0.717) is 25.6 Å². The van der Waals surface area contributed by atoms with Gasteiger partial charge >= 0.3 is 0 Å². The second-order valence-corrected chi connectivity index (χ2v) is 6.49. The molecule has 1 unspecified atom stereocenters. The molecule has 1 rings (SSSR count). The zero-order valence-corrected chi connectivity index (χ0v) is 11.3. The summed E-state index contributed by atoms with van der Waals surface area (Å²) >= 11 is 0. The molecule has 0 aromatic rings. The van der Waals surface area contributed by atoms with Gasteiger partial charge in [-0.3, -0.25) is 0 Å². The minimum Gasteiger partial charge on any atom is -0.314 e. The molecule has 0 saturated carbocycles. The monoisotopic (exact) mass is 249 g/mol. The summed E-state index contributed by atoms with van der Waals surface area (Å²) in [5.74, 6) is 0.405. The highest BCUT2D eigenvalue weighted by molar-refractivity contribution is 7.86. The maximum absolute atomic E-state index is 12.2. The highest BCUT2D eigenvalue weighted by Gasteiger charge is 2.28. The lowest BCUT2D eigenvalue weighted by Gasteiger charge is -2.31. The number of nitrogens with one attached hydrogen (secondary N) is 1. The quantitative estimate of drug-likeness (QED) is 0.752. The Kier molecular flexibility index (Phi) is 5.17. The Bertz CT molecular complexity index is 299. The van der Waals surface area contributed by atoms with Crippen LogP contribution in [0, 0.1) is 5.92 Å². The van der Waals surface area contributed by atoms with Gasteiger partial charge in [0.1, 0.15) is 0 Å². The van der Waals surface area contributed by atoms with Crippen molar-refractivity contribution >= 4 is 10.2 Å². The molecule has 0 aromatic heterocycles. The second-order valence-electron chi connectivity index (χ2n) is 4.45. The summed E-state index contributed by atoms with van der Waals surface area (Å²) in [5, 5.41) is 3.15. The minimum absolute atomic E-state index is 0.405. The molecule has 0 amide bonds. The van der Waals surface area contributed by atoms with Gasteiger partial charge in [-0.2, -0.15) is 17.0 Å². The molecule has 1 N–H and O–H groups in total. The summed E-state index contributed by atoms with van der Waals surface area (Å²) in [7, 11) is -1.57. The zero-order valence-electron chi connectivity index (χ0n) is 10.4. The Morgan fingerprint density at radius 1 is 1.38 bits per heavy atom. The van der Waals surface area contributed by atoms with E-state index in [1.165, 1.54) is 4.31 Å². The van der Waals surface area contributed by atoms with E-state index >= 15 is 0 Å². The molecule has 96 valence electrons. The van der Waals surface area contributed by atoms with E-state index in [4.69, 9.17) is 0 Å². The molecule has 0 aliphatic carbocycles. The minimum atomic E-state index is -3.24. The van der Waals surface area contributed by atoms with Crippen molar-refractivity contribution in [2.24, 2.45) is 5.92 Å². The third-order valence-corrected chi connectivity index (χ3v) is 5.02. The van der Waals surface area contributed by atoms with Crippen molar-refractivity contribution < 1.29 is 8.42 Å². The average molecular weight is 249 g/mol. The van der Waals surface area contributed by atoms with Gasteiger partial charge in [0.15, 0.2) is 0 Å². The first-order valence-electron chi connectivity index (χ1n) is 5.90. The van der Waals surface area contributed by atoms with Crippen molar-refractivity contribution in [1.82, 2.24) is 13.9 Å². The normalized spacial score (nSPS) is 21.2. The molecule has 1 saturated heterocycles. The van der Waals surface area contributed by atoms with Gasteiger partial charge in [-0.25, -0.2) is 0 Å². The van der Waals surface area contributed by atoms with Gasteiger partial charge < -0.3 is 5.32 Å². The molecule has 16 heavy (non-hydrogen) atoms. The molecule has 1 aliphatic heterocycles. The van der Waals surface area contributed by atoms with Gasteiger partial charge in [-0.15, -0.1) is 0 Å². The van der Waals surface area contributed by atoms with E-state index in [1.807, 2.05) is 0 Å². The first kappa shape index (κ1) is 13.9. The summed E-state index contributed by atoms with van der Waals surface area (Å²) in [6, 6.07) is 0. The van der Waals surface area contributed by atoms with Crippen LogP contribution >= 0.6 is 0 Å². The Morgan fingerprint density at radius 2 is 1.94 bits per heavy atom. The van der Waals surface area contributed by atoms with Crippen LogP contribution in [-0.4, -0.2) is 56.8 Å². The Hall–Kier alpha value is -0.170. The molecule has 1 aliphatic rings. The summed E-state index contributed by atoms with van der Waals surface area (Å²) in [5.41, 5.74) is 0. The highest BCUT2D eigenvalue weighted by atomic mass is 32.2. The van der Waals surface area contributed by atoms with Gasteiger partial charge in [0.05, 0.1) is 0 Å². The van der Waals surface area contributed by atoms with Crippen LogP contribution in [0.4, 0.5) is 0 Å². The van der Waals surface area contributed by atoms with Crippen molar-refractivity contribution in [1.29, 1.82) is 0 Å². The van der Waals surface area contributed by atoms with Crippen LogP contribution in [0.2, 0.25) is 0 Å². The van der Waals surface area contributed by atoms with Crippen molar-refractivity contribution in [3.63, 3.8) is 0 Å². The molecule has 0 spiro atoms. The molecular weight excluding hydrogens is 226 g/mol. The molecule has 1 fully saturated rings. The maximum atomic E-state index is 12.2. The maximum Gasteiger partial charge on any atom is 0.281 e. The topological polar surface area (TPSA) is 52.7 Å². The van der Waals surface area contributed by atoms with Gasteiger partial charge in [0, 0.05) is 39.8 Å². The van der Waals surface area contributed by atoms with E-state index in [9.17, 15) is 8.42 Å². The highest BCUT2D eigenvalue weighted by Crippen LogP contribution is 2.11. The van der Waals surface area contributed by atoms with Crippen LogP contribution in [0.1, 0.15) is 20.3 Å². The van der Waals surface area contributed by atoms with Crippen LogP contribution in [0.3, 0.4) is 0 Å². The summed E-state index contributed by atoms with van der Waals surface area (Å²) in [4.78, 5) is 0. The van der Waals surface area contributed by atoms with Crippen molar-refractivity contribution in [3.8, 4) is 0 Å². The Morgan fingerprint density at radius 3 is 2.44 bits per heavy atom. The Balaban J connectivity index is 2.61. The zero-order chi connectivity index (χ0) is 12.2. The summed E-state index contributed by atoms with van der Waals surface area (Å²) in [6.07, 6.45) is 1.00. The van der Waals surface area contributed by atoms with Crippen molar-refractivity contribution in [2.75, 3.05) is 39.8 Å². The van der Waals surface area contributed by atoms with E-state index in [1.54, 1.807) is 11.4 Å². The number of hydrogen-bond acceptors (Lipinski definition) is 3. The Labute approximate surface area is 99.0 Å². The molecule has 1 atom stereocenters. The largest absolute Gasteiger partial charge is 0.314 e. The lowest BCUT2D eigenvalue weighted by atomic mass is 10.1. The van der Waals surface area contributed by atoms with Gasteiger partial charge in [0.25, 0.3) is 10.2 Å². The van der Waals surface area contributed by atoms with E-state index in [0.717, 1.165) is 19.5 Å². The molecule has 0 radical (unpaired) electrons. The molecule has 0 aromatic carbocycles. The predicted molar refractivity (Wildman–Crippen MR) is 65.4 cm³/mol. The summed E-state index contributed by atoms with van der Waals surface area (Å²) in [6.45, 7) is 7.40. The van der Waals surface area contributed by atoms with Crippen molar-refractivity contribution in [3.05, 3.63) is 0 Å². The third-order valence-electron chi connectivity index (χ3n) is 3.06. The van der Waals surface area contributed by atoms with Crippen LogP contribution < -0.4 is 5.32 Å². The molecule has 5 nitrogen and oxygen atoms in total. The average Bonchev–Trinajstić information content (AvgIpc) is 2.29. The summed E-state index contributed by atoms with van der Waals surface area (Å²) < 4.78 is 27.4. The second kappa shape index (κ2) is 5.95. The molecule has 6 heteroatoms. The van der Waals surface area contributed by atoms with E-state index in [2.05, 4.69) is 19.2 Å². The first-order valence-corrected chi connectivity index (χ1v) is 7.30. The van der Waals surface area contributed by atoms with Crippen LogP contribution in [-0.2, 0) is 10.2 Å². The first-order chi connectivity index (χ1) is 7.48. The molecular formula is C10H23N3O2S. The van der Waals surface area contributed by atoms with Gasteiger partial charge in [0.2, 0.25) is 0 Å². The fourth-order valence-corrected chi connectivity index (χ4v) is 3.22. The van der Waals surface area contributed by atoms with Gasteiger partial charge in [-0.1, -0.05) is 20.3 Å². The smallest absolute Gasteiger partial charge is 0.281 e. The number of piperazine rings is 1. The van der Waals surface area contributed by atoms with Crippen LogP contribution in [0.5, 0.6) is 0 Å². The molecule has 1 heterocycles. The number of rotatable bonds is 5. The lowest BCUT2D eigenvalue weighted by Crippen LogP contribution is -2.51. The SMILES string of the molecule is CCC(C)CN(C)S(=O)(=O)N1CCNCC1. The molecule has 0 bridgehead atoms. The third kappa shape index (κ3) is 3.41. The van der Waals surface area contributed by atoms with E-state index < -0.39 is 10.2 Å². The fourth-order valence-electron chi connectivity index (χ4n) is 1.73. The number of nitrogens with zero attached hydrogens (tertiary/aromatic N) is 2. The van der Waals surface area contributed by atoms with Crippen LogP contribution in [0.15, 0.2) is 0 Å². The predicted octanol–water partition coefficient (Wildman–Crippen LogP) is 0.114. The van der Waals surface area contributed by atoms with Crippen molar-refractivity contribution in [2.45, 2.75) is 20.3 Å². The fraction of sp³-hybridized carbons (Fsp3) is 1.00. The van der Waals surface area contributed by atoms with Gasteiger partial charge in [-0.05, 0) is 5.92 Å². The van der Waals surface area contributed by atoms with E-state index in [-0.39, 0.29) is 0 Å². The lowest BCUT2D eigenvalue weighted by molar-refractivity contribution is 0.311. The number of hydrogen-bond donors (Lipinski definition) is 1. The van der Waals surface area contributed by atoms with Crippen LogP contribution in [0.25, 0.3) is 0 Å². The standard InChI is InChI=1S/C10H23N3O2S/c1-4-10(2)9-12(3)16(14,15)13-7-5-11-6-8-13/h10-11H,4-9H2,1-3H3.